The number of carbonyl (C=O) groups excluding carboxylic acids is 1. The number of nitrogens with two attached hydrogens (primary N) is 1. The molecule has 0 radical (unpaired) electrons. The Morgan fingerprint density at radius 2 is 2.00 bits per heavy atom. The highest BCUT2D eigenvalue weighted by Crippen LogP contribution is 2.29. The average Bonchev–Trinajstić information content (AvgIpc) is 2.64. The number of likely N-dealkylation sites (tertiary alicyclic amines) is 1. The summed E-state index contributed by atoms with van der Waals surface area (Å²) < 4.78 is 1.77. The van der Waals surface area contributed by atoms with Gasteiger partial charge in [-0.3, -0.25) is 14.2 Å². The van der Waals surface area contributed by atoms with Gasteiger partial charge in [0.15, 0.2) is 5.78 Å². The molecule has 3 rings (SSSR count). The van der Waals surface area contributed by atoms with Crippen molar-refractivity contribution in [2.45, 2.75) is 58.9 Å². The standard InChI is InChI=1S/C22H31N5O2/c1-14-11-17(7-8-18-15(2)20(23)25-13-24-18)21(29)27(19(14)16(3)28)22(4)9-6-10-26(5)12-22/h11,13H,6-10,12H2,1-5H3,(H2,23,24,25)/t22-/m1/s1. The van der Waals surface area contributed by atoms with Crippen LogP contribution in [0.25, 0.3) is 0 Å². The third-order valence-corrected chi connectivity index (χ3v) is 6.06. The second-order valence-corrected chi connectivity index (χ2v) is 8.57. The molecule has 1 saturated heterocycles. The van der Waals surface area contributed by atoms with Crippen LogP contribution in [-0.4, -0.2) is 45.4 Å². The predicted molar refractivity (Wildman–Crippen MR) is 114 cm³/mol. The van der Waals surface area contributed by atoms with Gasteiger partial charge in [0.05, 0.1) is 11.2 Å². The molecule has 0 spiro atoms. The maximum Gasteiger partial charge on any atom is 0.254 e. The number of Topliss-reactive ketones (excluding diaryl/α,β-unsaturated/α-hetero) is 1. The van der Waals surface area contributed by atoms with Gasteiger partial charge in [0.2, 0.25) is 0 Å². The number of nitrogen functional groups attached to an aromatic ring is 1. The zero-order valence-electron chi connectivity index (χ0n) is 18.1. The van der Waals surface area contributed by atoms with Gasteiger partial charge in [-0.05, 0) is 71.7 Å². The molecular weight excluding hydrogens is 366 g/mol. The molecule has 3 heterocycles. The molecule has 0 unspecified atom stereocenters. The van der Waals surface area contributed by atoms with Crippen LogP contribution in [0.4, 0.5) is 5.82 Å². The molecule has 1 fully saturated rings. The van der Waals surface area contributed by atoms with Gasteiger partial charge in [0.25, 0.3) is 5.56 Å². The van der Waals surface area contributed by atoms with Crippen LogP contribution in [0.3, 0.4) is 0 Å². The van der Waals surface area contributed by atoms with Crippen molar-refractivity contribution < 1.29 is 4.79 Å². The van der Waals surface area contributed by atoms with Crippen molar-refractivity contribution in [3.63, 3.8) is 0 Å². The van der Waals surface area contributed by atoms with Crippen molar-refractivity contribution >= 4 is 11.6 Å². The van der Waals surface area contributed by atoms with Crippen LogP contribution in [0.5, 0.6) is 0 Å². The van der Waals surface area contributed by atoms with Crippen molar-refractivity contribution in [3.8, 4) is 0 Å². The molecule has 29 heavy (non-hydrogen) atoms. The number of rotatable bonds is 5. The van der Waals surface area contributed by atoms with Crippen LogP contribution in [-0.2, 0) is 18.4 Å². The van der Waals surface area contributed by atoms with Gasteiger partial charge in [0, 0.05) is 30.3 Å². The number of likely N-dealkylation sites (N-methyl/N-ethyl adjacent to an activating group) is 1. The number of anilines is 1. The summed E-state index contributed by atoms with van der Waals surface area (Å²) in [6.45, 7) is 9.20. The number of aromatic nitrogens is 3. The first kappa shape index (κ1) is 21.2. The van der Waals surface area contributed by atoms with Gasteiger partial charge < -0.3 is 10.6 Å². The Labute approximate surface area is 172 Å². The van der Waals surface area contributed by atoms with E-state index in [1.165, 1.54) is 6.33 Å². The van der Waals surface area contributed by atoms with Crippen LogP contribution in [0.1, 0.15) is 59.6 Å². The van der Waals surface area contributed by atoms with E-state index in [9.17, 15) is 9.59 Å². The third kappa shape index (κ3) is 4.10. The average molecular weight is 398 g/mol. The molecule has 156 valence electrons. The summed E-state index contributed by atoms with van der Waals surface area (Å²) in [4.78, 5) is 36.6. The van der Waals surface area contributed by atoms with Crippen molar-refractivity contribution in [2.24, 2.45) is 0 Å². The number of piperidine rings is 1. The van der Waals surface area contributed by atoms with Gasteiger partial charge in [-0.1, -0.05) is 0 Å². The van der Waals surface area contributed by atoms with E-state index in [0.717, 1.165) is 42.8 Å². The summed E-state index contributed by atoms with van der Waals surface area (Å²) in [6, 6.07) is 1.87. The lowest BCUT2D eigenvalue weighted by molar-refractivity contribution is 0.0953. The van der Waals surface area contributed by atoms with E-state index in [4.69, 9.17) is 5.73 Å². The second kappa shape index (κ2) is 8.06. The fraction of sp³-hybridized carbons (Fsp3) is 0.545. The topological polar surface area (TPSA) is 94.1 Å². The molecule has 2 N–H and O–H groups in total. The normalized spacial score (nSPS) is 20.0. The highest BCUT2D eigenvalue weighted by Gasteiger charge is 2.35. The van der Waals surface area contributed by atoms with Gasteiger partial charge in [-0.15, -0.1) is 0 Å². The Kier molecular flexibility index (Phi) is 5.89. The SMILES string of the molecule is CC(=O)c1c(C)cc(CCc2ncnc(N)c2C)c(=O)n1[C@]1(C)CCCN(C)C1. The van der Waals surface area contributed by atoms with Crippen molar-refractivity contribution in [1.29, 1.82) is 0 Å². The van der Waals surface area contributed by atoms with Crippen LogP contribution >= 0.6 is 0 Å². The van der Waals surface area contributed by atoms with Crippen LogP contribution in [0.2, 0.25) is 0 Å². The molecule has 2 aromatic rings. The molecular formula is C22H31N5O2. The minimum Gasteiger partial charge on any atom is -0.383 e. The lowest BCUT2D eigenvalue weighted by atomic mass is 9.89. The number of pyridine rings is 1. The van der Waals surface area contributed by atoms with E-state index in [-0.39, 0.29) is 11.3 Å². The van der Waals surface area contributed by atoms with E-state index < -0.39 is 5.54 Å². The number of ketones is 1. The zero-order valence-corrected chi connectivity index (χ0v) is 18.1. The largest absolute Gasteiger partial charge is 0.383 e. The van der Waals surface area contributed by atoms with Crippen molar-refractivity contribution in [2.75, 3.05) is 25.9 Å². The zero-order chi connectivity index (χ0) is 21.3. The van der Waals surface area contributed by atoms with E-state index >= 15 is 0 Å². The van der Waals surface area contributed by atoms with Gasteiger partial charge in [-0.25, -0.2) is 9.97 Å². The molecule has 0 bridgehead atoms. The Hall–Kier alpha value is -2.54. The molecule has 0 saturated carbocycles. The molecule has 7 heteroatoms. The van der Waals surface area contributed by atoms with E-state index in [2.05, 4.69) is 28.8 Å². The summed E-state index contributed by atoms with van der Waals surface area (Å²) in [5.74, 6) is 0.397. The molecule has 0 aliphatic carbocycles. The Morgan fingerprint density at radius 1 is 1.28 bits per heavy atom. The minimum atomic E-state index is -0.402. The summed E-state index contributed by atoms with van der Waals surface area (Å²) in [5, 5.41) is 0. The lowest BCUT2D eigenvalue weighted by Gasteiger charge is -2.41. The van der Waals surface area contributed by atoms with Gasteiger partial charge in [0.1, 0.15) is 12.1 Å². The van der Waals surface area contributed by atoms with Crippen molar-refractivity contribution in [3.05, 3.63) is 50.8 Å². The fourth-order valence-corrected chi connectivity index (χ4v) is 4.60. The number of aryl methyl sites for hydroxylation is 3. The Balaban J connectivity index is 2.06. The summed E-state index contributed by atoms with van der Waals surface area (Å²) in [5.41, 5.74) is 9.20. The summed E-state index contributed by atoms with van der Waals surface area (Å²) >= 11 is 0. The highest BCUT2D eigenvalue weighted by atomic mass is 16.1. The lowest BCUT2D eigenvalue weighted by Crippen LogP contribution is -2.52. The molecule has 1 atom stereocenters. The van der Waals surface area contributed by atoms with Crippen LogP contribution < -0.4 is 11.3 Å². The quantitative estimate of drug-likeness (QED) is 0.778. The smallest absolute Gasteiger partial charge is 0.254 e. The first-order valence-corrected chi connectivity index (χ1v) is 10.2. The minimum absolute atomic E-state index is 0.0694. The molecule has 0 aromatic carbocycles. The monoisotopic (exact) mass is 397 g/mol. The van der Waals surface area contributed by atoms with E-state index in [1.54, 1.807) is 11.5 Å². The van der Waals surface area contributed by atoms with Gasteiger partial charge >= 0.3 is 0 Å². The highest BCUT2D eigenvalue weighted by molar-refractivity contribution is 5.94. The number of hydrogen-bond donors (Lipinski definition) is 1. The fourth-order valence-electron chi connectivity index (χ4n) is 4.60. The maximum absolute atomic E-state index is 13.6. The molecule has 1 aliphatic heterocycles. The Morgan fingerprint density at radius 3 is 2.66 bits per heavy atom. The number of hydrogen-bond acceptors (Lipinski definition) is 6. The summed E-state index contributed by atoms with van der Waals surface area (Å²) in [7, 11) is 2.06. The predicted octanol–water partition coefficient (Wildman–Crippen LogP) is 2.27. The first-order chi connectivity index (χ1) is 13.6. The van der Waals surface area contributed by atoms with Gasteiger partial charge in [-0.2, -0.15) is 0 Å². The van der Waals surface area contributed by atoms with Crippen LogP contribution in [0.15, 0.2) is 17.2 Å². The first-order valence-electron chi connectivity index (χ1n) is 10.2. The third-order valence-electron chi connectivity index (χ3n) is 6.06. The van der Waals surface area contributed by atoms with E-state index in [0.29, 0.717) is 29.9 Å². The van der Waals surface area contributed by atoms with Crippen LogP contribution in [0, 0.1) is 13.8 Å². The molecule has 2 aromatic heterocycles. The maximum atomic E-state index is 13.6. The second-order valence-electron chi connectivity index (χ2n) is 8.57. The van der Waals surface area contributed by atoms with Crippen molar-refractivity contribution in [1.82, 2.24) is 19.4 Å². The summed E-state index contributed by atoms with van der Waals surface area (Å²) in [6.07, 6.45) is 4.48. The number of carbonyl (C=O) groups is 1. The van der Waals surface area contributed by atoms with E-state index in [1.807, 2.05) is 19.9 Å². The molecule has 0 amide bonds. The number of nitrogens with zero attached hydrogens (tertiary/aromatic N) is 4. The molecule has 1 aliphatic rings. The Bertz CT molecular complexity index is 997. The molecule has 7 nitrogen and oxygen atoms in total.